The zero-order chi connectivity index (χ0) is 12.5. The Balaban J connectivity index is 2.15. The van der Waals surface area contributed by atoms with Crippen LogP contribution in [0.15, 0.2) is 18.2 Å². The fraction of sp³-hybridized carbons (Fsp3) is 0.538. The first-order valence-corrected chi connectivity index (χ1v) is 5.83. The van der Waals surface area contributed by atoms with Crippen LogP contribution >= 0.6 is 0 Å². The van der Waals surface area contributed by atoms with Crippen molar-refractivity contribution < 1.29 is 13.5 Å². The van der Waals surface area contributed by atoms with Gasteiger partial charge in [0.2, 0.25) is 0 Å². The zero-order valence-corrected chi connectivity index (χ0v) is 9.88. The minimum Gasteiger partial charge on any atom is -0.377 e. The van der Waals surface area contributed by atoms with Crippen LogP contribution in [0.2, 0.25) is 0 Å². The number of nitrogens with two attached hydrogens (primary N) is 1. The van der Waals surface area contributed by atoms with Gasteiger partial charge in [-0.05, 0) is 37.8 Å². The average molecular weight is 241 g/mol. The van der Waals surface area contributed by atoms with Crippen molar-refractivity contribution in [3.05, 3.63) is 35.4 Å². The molecule has 2 rings (SSSR count). The molecular weight excluding hydrogens is 224 g/mol. The third kappa shape index (κ3) is 2.19. The number of ether oxygens (including phenoxy) is 1. The molecular formula is C13H17F2NO. The second-order valence-electron chi connectivity index (χ2n) is 4.63. The Hall–Kier alpha value is -1.00. The molecule has 1 aliphatic rings. The quantitative estimate of drug-likeness (QED) is 0.878. The van der Waals surface area contributed by atoms with Crippen molar-refractivity contribution in [3.63, 3.8) is 0 Å². The highest BCUT2D eigenvalue weighted by molar-refractivity contribution is 5.22. The Kier molecular flexibility index (Phi) is 3.45. The van der Waals surface area contributed by atoms with Crippen LogP contribution in [0.4, 0.5) is 8.78 Å². The molecule has 0 heterocycles. The van der Waals surface area contributed by atoms with Crippen molar-refractivity contribution in [1.29, 1.82) is 0 Å². The molecule has 1 aromatic rings. The Bertz CT molecular complexity index is 379. The number of methoxy groups -OCH3 is 1. The Morgan fingerprint density at radius 2 is 1.94 bits per heavy atom. The van der Waals surface area contributed by atoms with E-state index < -0.39 is 17.2 Å². The van der Waals surface area contributed by atoms with E-state index in [1.807, 2.05) is 0 Å². The molecule has 2 N–H and O–H groups in total. The molecule has 0 bridgehead atoms. The molecule has 0 amide bonds. The molecule has 1 aliphatic carbocycles. The minimum atomic E-state index is -0.536. The molecule has 17 heavy (non-hydrogen) atoms. The maximum Gasteiger partial charge on any atom is 0.129 e. The summed E-state index contributed by atoms with van der Waals surface area (Å²) in [5, 5.41) is 0. The van der Waals surface area contributed by atoms with Gasteiger partial charge >= 0.3 is 0 Å². The second kappa shape index (κ2) is 4.70. The van der Waals surface area contributed by atoms with Crippen LogP contribution in [0.3, 0.4) is 0 Å². The van der Waals surface area contributed by atoms with Gasteiger partial charge in [0.25, 0.3) is 0 Å². The van der Waals surface area contributed by atoms with E-state index >= 15 is 0 Å². The molecule has 1 saturated carbocycles. The maximum atomic E-state index is 13.5. The molecule has 1 fully saturated rings. The molecule has 0 spiro atoms. The number of hydrogen-bond donors (Lipinski definition) is 1. The predicted molar refractivity (Wildman–Crippen MR) is 61.6 cm³/mol. The van der Waals surface area contributed by atoms with Gasteiger partial charge in [-0.25, -0.2) is 8.78 Å². The number of hydrogen-bond acceptors (Lipinski definition) is 2. The lowest BCUT2D eigenvalue weighted by Gasteiger charge is -2.45. The second-order valence-corrected chi connectivity index (χ2v) is 4.63. The Morgan fingerprint density at radius 3 is 2.35 bits per heavy atom. The zero-order valence-electron chi connectivity index (χ0n) is 9.88. The van der Waals surface area contributed by atoms with Gasteiger partial charge in [-0.1, -0.05) is 6.07 Å². The van der Waals surface area contributed by atoms with Gasteiger partial charge in [0.15, 0.2) is 0 Å². The summed E-state index contributed by atoms with van der Waals surface area (Å²) in [6.07, 6.45) is 2.95. The third-order valence-electron chi connectivity index (χ3n) is 3.77. The SMILES string of the molecule is COC1(C(N)Cc2c(F)cccc2F)CCC1. The normalized spacial score (nSPS) is 19.8. The fourth-order valence-electron chi connectivity index (χ4n) is 2.38. The molecule has 1 unspecified atom stereocenters. The van der Waals surface area contributed by atoms with Crippen LogP contribution in [0, 0.1) is 11.6 Å². The highest BCUT2D eigenvalue weighted by Crippen LogP contribution is 2.38. The molecule has 1 aromatic carbocycles. The topological polar surface area (TPSA) is 35.2 Å². The molecule has 1 atom stereocenters. The lowest BCUT2D eigenvalue weighted by molar-refractivity contribution is -0.0899. The standard InChI is InChI=1S/C13H17F2NO/c1-17-13(6-3-7-13)12(16)8-9-10(14)4-2-5-11(9)15/h2,4-5,12H,3,6-8,16H2,1H3. The van der Waals surface area contributed by atoms with E-state index in [2.05, 4.69) is 0 Å². The molecule has 94 valence electrons. The van der Waals surface area contributed by atoms with Crippen LogP contribution in [-0.4, -0.2) is 18.8 Å². The summed E-state index contributed by atoms with van der Waals surface area (Å²) in [6.45, 7) is 0. The Labute approximate surface area is 99.8 Å². The highest BCUT2D eigenvalue weighted by atomic mass is 19.1. The van der Waals surface area contributed by atoms with E-state index in [0.717, 1.165) is 19.3 Å². The summed E-state index contributed by atoms with van der Waals surface area (Å²) in [5.74, 6) is -1.07. The van der Waals surface area contributed by atoms with Crippen molar-refractivity contribution in [2.75, 3.05) is 7.11 Å². The van der Waals surface area contributed by atoms with E-state index in [9.17, 15) is 8.78 Å². The molecule has 4 heteroatoms. The van der Waals surface area contributed by atoms with Crippen LogP contribution < -0.4 is 5.73 Å². The van der Waals surface area contributed by atoms with E-state index in [1.165, 1.54) is 18.2 Å². The van der Waals surface area contributed by atoms with Gasteiger partial charge in [-0.2, -0.15) is 0 Å². The van der Waals surface area contributed by atoms with Crippen molar-refractivity contribution in [3.8, 4) is 0 Å². The van der Waals surface area contributed by atoms with Crippen LogP contribution in [0.1, 0.15) is 24.8 Å². The summed E-state index contributed by atoms with van der Waals surface area (Å²) in [7, 11) is 1.61. The number of benzene rings is 1. The van der Waals surface area contributed by atoms with E-state index in [-0.39, 0.29) is 18.0 Å². The summed E-state index contributed by atoms with van der Waals surface area (Å²) in [6, 6.07) is 3.50. The summed E-state index contributed by atoms with van der Waals surface area (Å²) in [5.41, 5.74) is 5.70. The van der Waals surface area contributed by atoms with Crippen molar-refractivity contribution in [2.45, 2.75) is 37.3 Å². The number of rotatable bonds is 4. The monoisotopic (exact) mass is 241 g/mol. The predicted octanol–water partition coefficient (Wildman–Crippen LogP) is 2.40. The fourth-order valence-corrected chi connectivity index (χ4v) is 2.38. The van der Waals surface area contributed by atoms with Gasteiger partial charge in [0.05, 0.1) is 5.60 Å². The van der Waals surface area contributed by atoms with E-state index in [1.54, 1.807) is 7.11 Å². The lowest BCUT2D eigenvalue weighted by atomic mass is 9.73. The number of halogens is 2. The van der Waals surface area contributed by atoms with Crippen LogP contribution in [-0.2, 0) is 11.2 Å². The molecule has 0 saturated heterocycles. The lowest BCUT2D eigenvalue weighted by Crippen LogP contribution is -2.55. The molecule has 0 radical (unpaired) electrons. The minimum absolute atomic E-state index is 0.0586. The van der Waals surface area contributed by atoms with Gasteiger partial charge in [-0.3, -0.25) is 0 Å². The Morgan fingerprint density at radius 1 is 1.35 bits per heavy atom. The van der Waals surface area contributed by atoms with Gasteiger partial charge in [0, 0.05) is 18.7 Å². The van der Waals surface area contributed by atoms with Crippen LogP contribution in [0.5, 0.6) is 0 Å². The molecule has 2 nitrogen and oxygen atoms in total. The first-order chi connectivity index (χ1) is 8.09. The van der Waals surface area contributed by atoms with Crippen molar-refractivity contribution >= 4 is 0 Å². The third-order valence-corrected chi connectivity index (χ3v) is 3.77. The largest absolute Gasteiger partial charge is 0.377 e. The summed E-state index contributed by atoms with van der Waals surface area (Å²) >= 11 is 0. The molecule has 0 aromatic heterocycles. The first kappa shape index (κ1) is 12.5. The smallest absolute Gasteiger partial charge is 0.129 e. The average Bonchev–Trinajstić information content (AvgIpc) is 2.23. The van der Waals surface area contributed by atoms with Crippen molar-refractivity contribution in [2.24, 2.45) is 5.73 Å². The first-order valence-electron chi connectivity index (χ1n) is 5.83. The van der Waals surface area contributed by atoms with Gasteiger partial charge in [-0.15, -0.1) is 0 Å². The van der Waals surface area contributed by atoms with E-state index in [0.29, 0.717) is 0 Å². The summed E-state index contributed by atoms with van der Waals surface area (Å²) < 4.78 is 32.4. The van der Waals surface area contributed by atoms with Gasteiger partial charge < -0.3 is 10.5 Å². The van der Waals surface area contributed by atoms with Crippen LogP contribution in [0.25, 0.3) is 0 Å². The highest BCUT2D eigenvalue weighted by Gasteiger charge is 2.43. The maximum absolute atomic E-state index is 13.5. The van der Waals surface area contributed by atoms with E-state index in [4.69, 9.17) is 10.5 Å². The molecule has 0 aliphatic heterocycles. The van der Waals surface area contributed by atoms with Gasteiger partial charge in [0.1, 0.15) is 11.6 Å². The summed E-state index contributed by atoms with van der Waals surface area (Å²) in [4.78, 5) is 0. The van der Waals surface area contributed by atoms with Crippen molar-refractivity contribution in [1.82, 2.24) is 0 Å².